The summed E-state index contributed by atoms with van der Waals surface area (Å²) in [6, 6.07) is 0.386. The van der Waals surface area contributed by atoms with Gasteiger partial charge in [-0.05, 0) is 31.6 Å². The van der Waals surface area contributed by atoms with Crippen LogP contribution in [0.1, 0.15) is 32.1 Å². The minimum atomic E-state index is 0.0434. The van der Waals surface area contributed by atoms with Crippen LogP contribution in [-0.2, 0) is 9.59 Å². The lowest BCUT2D eigenvalue weighted by Gasteiger charge is -2.51. The van der Waals surface area contributed by atoms with Crippen LogP contribution in [0, 0.1) is 11.8 Å². The first-order valence-corrected chi connectivity index (χ1v) is 7.40. The van der Waals surface area contributed by atoms with Crippen molar-refractivity contribution in [1.82, 2.24) is 9.80 Å². The average Bonchev–Trinajstić information content (AvgIpc) is 2.42. The van der Waals surface area contributed by atoms with Crippen LogP contribution in [0.4, 0.5) is 0 Å². The molecule has 3 aliphatic heterocycles. The van der Waals surface area contributed by atoms with Gasteiger partial charge in [-0.3, -0.25) is 9.59 Å². The molecule has 0 aromatic carbocycles. The van der Waals surface area contributed by atoms with Gasteiger partial charge >= 0.3 is 0 Å². The Balaban J connectivity index is 1.76. The first-order valence-electron chi connectivity index (χ1n) is 7.40. The smallest absolute Gasteiger partial charge is 0.227 e. The van der Waals surface area contributed by atoms with Gasteiger partial charge in [-0.15, -0.1) is 6.58 Å². The van der Waals surface area contributed by atoms with Crippen LogP contribution in [0.25, 0.3) is 0 Å². The van der Waals surface area contributed by atoms with Crippen LogP contribution in [0.2, 0.25) is 0 Å². The number of fused-ring (bicyclic) bond motifs is 4. The van der Waals surface area contributed by atoms with Crippen molar-refractivity contribution in [2.24, 2.45) is 11.8 Å². The number of hydrogen-bond acceptors (Lipinski definition) is 2. The molecule has 0 aromatic rings. The van der Waals surface area contributed by atoms with E-state index in [1.807, 2.05) is 15.9 Å². The molecule has 0 saturated carbocycles. The minimum Gasteiger partial charge on any atom is -0.342 e. The van der Waals surface area contributed by atoms with E-state index in [0.29, 0.717) is 24.9 Å². The van der Waals surface area contributed by atoms with Crippen molar-refractivity contribution in [2.75, 3.05) is 19.6 Å². The highest BCUT2D eigenvalue weighted by Gasteiger charge is 2.47. The third-order valence-electron chi connectivity index (χ3n) is 4.88. The van der Waals surface area contributed by atoms with Crippen LogP contribution in [0.5, 0.6) is 0 Å². The molecule has 4 nitrogen and oxygen atoms in total. The maximum atomic E-state index is 12.4. The van der Waals surface area contributed by atoms with Crippen molar-refractivity contribution in [2.45, 2.75) is 38.1 Å². The summed E-state index contributed by atoms with van der Waals surface area (Å²) in [6.45, 7) is 6.00. The second-order valence-electron chi connectivity index (χ2n) is 6.06. The fourth-order valence-corrected chi connectivity index (χ4v) is 3.96. The first-order chi connectivity index (χ1) is 9.20. The monoisotopic (exact) mass is 262 g/mol. The Hall–Kier alpha value is -1.32. The Morgan fingerprint density at radius 2 is 2.16 bits per heavy atom. The second-order valence-corrected chi connectivity index (χ2v) is 6.06. The summed E-state index contributed by atoms with van der Waals surface area (Å²) in [5.74, 6) is 1.04. The lowest BCUT2D eigenvalue weighted by atomic mass is 9.75. The van der Waals surface area contributed by atoms with Gasteiger partial charge < -0.3 is 9.80 Å². The van der Waals surface area contributed by atoms with Gasteiger partial charge in [-0.2, -0.15) is 0 Å². The van der Waals surface area contributed by atoms with Crippen molar-refractivity contribution in [3.05, 3.63) is 12.7 Å². The molecule has 3 fully saturated rings. The summed E-state index contributed by atoms with van der Waals surface area (Å²) in [5, 5.41) is 0. The molecule has 3 atom stereocenters. The van der Waals surface area contributed by atoms with Gasteiger partial charge in [0, 0.05) is 32.1 Å². The highest BCUT2D eigenvalue weighted by molar-refractivity contribution is 5.83. The van der Waals surface area contributed by atoms with E-state index in [0.717, 1.165) is 38.8 Å². The van der Waals surface area contributed by atoms with Crippen molar-refractivity contribution >= 4 is 11.8 Å². The number of nitrogens with zero attached hydrogens (tertiary/aromatic N) is 2. The quantitative estimate of drug-likeness (QED) is 0.722. The van der Waals surface area contributed by atoms with Crippen LogP contribution < -0.4 is 0 Å². The van der Waals surface area contributed by atoms with E-state index in [2.05, 4.69) is 6.58 Å². The largest absolute Gasteiger partial charge is 0.342 e. The van der Waals surface area contributed by atoms with E-state index < -0.39 is 0 Å². The van der Waals surface area contributed by atoms with Crippen molar-refractivity contribution in [3.8, 4) is 0 Å². The van der Waals surface area contributed by atoms with E-state index in [1.165, 1.54) is 0 Å². The maximum Gasteiger partial charge on any atom is 0.227 e. The summed E-state index contributed by atoms with van der Waals surface area (Å²) in [6.07, 6.45) is 6.52. The zero-order valence-corrected chi connectivity index (χ0v) is 11.4. The predicted octanol–water partition coefficient (Wildman–Crippen LogP) is 1.42. The normalized spacial score (nSPS) is 34.2. The van der Waals surface area contributed by atoms with E-state index in [1.54, 1.807) is 0 Å². The standard InChI is InChI=1S/C15H22N2O2/c1-2-3-7-16-9-11-8-12(15(16)19)10-17-13(11)5-4-6-14(17)18/h2,11-13H,1,3-10H2/t11-,12-,13+/m0/s1. The number of carbonyl (C=O) groups is 2. The van der Waals surface area contributed by atoms with Gasteiger partial charge in [-0.25, -0.2) is 0 Å². The number of likely N-dealkylation sites (tertiary alicyclic amines) is 1. The van der Waals surface area contributed by atoms with Crippen molar-refractivity contribution < 1.29 is 9.59 Å². The fourth-order valence-electron chi connectivity index (χ4n) is 3.96. The molecule has 0 spiro atoms. The Morgan fingerprint density at radius 3 is 2.95 bits per heavy atom. The van der Waals surface area contributed by atoms with E-state index in [9.17, 15) is 9.59 Å². The Morgan fingerprint density at radius 1 is 1.32 bits per heavy atom. The molecule has 2 bridgehead atoms. The zero-order chi connectivity index (χ0) is 13.4. The molecule has 0 aliphatic carbocycles. The van der Waals surface area contributed by atoms with E-state index >= 15 is 0 Å². The number of carbonyl (C=O) groups excluding carboxylic acids is 2. The third kappa shape index (κ3) is 2.17. The lowest BCUT2D eigenvalue weighted by molar-refractivity contribution is -0.156. The lowest BCUT2D eigenvalue weighted by Crippen LogP contribution is -2.62. The molecule has 0 N–H and O–H groups in total. The van der Waals surface area contributed by atoms with Gasteiger partial charge in [-0.1, -0.05) is 6.08 Å². The molecule has 19 heavy (non-hydrogen) atoms. The molecule has 0 aromatic heterocycles. The van der Waals surface area contributed by atoms with Crippen LogP contribution in [0.3, 0.4) is 0 Å². The average molecular weight is 262 g/mol. The Bertz CT molecular complexity index is 407. The molecule has 4 heteroatoms. The summed E-state index contributed by atoms with van der Waals surface area (Å²) < 4.78 is 0. The molecule has 0 radical (unpaired) electrons. The summed E-state index contributed by atoms with van der Waals surface area (Å²) in [4.78, 5) is 28.4. The molecule has 3 rings (SSSR count). The molecular weight excluding hydrogens is 240 g/mol. The fraction of sp³-hybridized carbons (Fsp3) is 0.733. The van der Waals surface area contributed by atoms with Gasteiger partial charge in [0.05, 0.1) is 5.92 Å². The van der Waals surface area contributed by atoms with E-state index in [4.69, 9.17) is 0 Å². The SMILES string of the molecule is C=CCCN1C[C@@H]2C[C@@H](CN3C(=O)CCC[C@H]23)C1=O. The minimum absolute atomic E-state index is 0.0434. The van der Waals surface area contributed by atoms with Crippen molar-refractivity contribution in [3.63, 3.8) is 0 Å². The predicted molar refractivity (Wildman–Crippen MR) is 72.3 cm³/mol. The summed E-state index contributed by atoms with van der Waals surface area (Å²) in [7, 11) is 0. The third-order valence-corrected chi connectivity index (χ3v) is 4.88. The van der Waals surface area contributed by atoms with Crippen molar-refractivity contribution in [1.29, 1.82) is 0 Å². The molecule has 3 saturated heterocycles. The Kier molecular flexibility index (Phi) is 3.33. The number of piperidine rings is 3. The van der Waals surface area contributed by atoms with Gasteiger partial charge in [0.1, 0.15) is 0 Å². The molecule has 104 valence electrons. The molecule has 2 amide bonds. The van der Waals surface area contributed by atoms with Crippen LogP contribution >= 0.6 is 0 Å². The topological polar surface area (TPSA) is 40.6 Å². The highest BCUT2D eigenvalue weighted by atomic mass is 16.2. The van der Waals surface area contributed by atoms with Crippen LogP contribution in [-0.4, -0.2) is 47.3 Å². The number of rotatable bonds is 3. The maximum absolute atomic E-state index is 12.4. The van der Waals surface area contributed by atoms with Crippen LogP contribution in [0.15, 0.2) is 12.7 Å². The molecule has 3 aliphatic rings. The number of amides is 2. The first kappa shape index (κ1) is 12.7. The van der Waals surface area contributed by atoms with Gasteiger partial charge in [0.25, 0.3) is 0 Å². The molecule has 3 heterocycles. The Labute approximate surface area is 114 Å². The van der Waals surface area contributed by atoms with Gasteiger partial charge in [0.2, 0.25) is 11.8 Å². The number of hydrogen-bond donors (Lipinski definition) is 0. The summed E-state index contributed by atoms with van der Waals surface area (Å²) >= 11 is 0. The molecular formula is C15H22N2O2. The summed E-state index contributed by atoms with van der Waals surface area (Å²) in [5.41, 5.74) is 0. The molecule has 0 unspecified atom stereocenters. The zero-order valence-electron chi connectivity index (χ0n) is 11.4. The highest BCUT2D eigenvalue weighted by Crippen LogP contribution is 2.38. The van der Waals surface area contributed by atoms with Gasteiger partial charge in [0.15, 0.2) is 0 Å². The van der Waals surface area contributed by atoms with E-state index in [-0.39, 0.29) is 17.7 Å². The second kappa shape index (κ2) is 4.99.